The third-order valence-corrected chi connectivity index (χ3v) is 4.34. The van der Waals surface area contributed by atoms with E-state index in [1.165, 1.54) is 0 Å². The summed E-state index contributed by atoms with van der Waals surface area (Å²) in [7, 11) is 0. The minimum atomic E-state index is -0.789. The molecule has 0 aromatic rings. The minimum Gasteiger partial charge on any atom is -0.255 e. The van der Waals surface area contributed by atoms with Gasteiger partial charge in [-0.3, -0.25) is 29.0 Å². The molecule has 6 nitrogen and oxygen atoms in total. The van der Waals surface area contributed by atoms with Crippen molar-refractivity contribution in [1.29, 1.82) is 0 Å². The molecule has 0 aliphatic heterocycles. The van der Waals surface area contributed by atoms with Gasteiger partial charge in [-0.15, -0.1) is 0 Å². The van der Waals surface area contributed by atoms with Gasteiger partial charge in [-0.05, 0) is 72.1 Å². The van der Waals surface area contributed by atoms with Crippen molar-refractivity contribution in [2.45, 2.75) is 57.0 Å². The van der Waals surface area contributed by atoms with E-state index in [9.17, 15) is 19.2 Å². The van der Waals surface area contributed by atoms with Crippen LogP contribution in [0.2, 0.25) is 0 Å². The quantitative estimate of drug-likeness (QED) is 0.448. The normalized spacial score (nSPS) is 17.6. The zero-order valence-electron chi connectivity index (χ0n) is 12.1. The summed E-state index contributed by atoms with van der Waals surface area (Å²) in [4.78, 5) is 44.5. The van der Waals surface area contributed by atoms with E-state index in [0.717, 1.165) is 54.7 Å². The van der Waals surface area contributed by atoms with Gasteiger partial charge in [-0.1, -0.05) is 19.3 Å². The number of halogens is 4. The topological polar surface area (TPSA) is 74.8 Å². The maximum atomic E-state index is 10.9. The molecule has 0 bridgehead atoms. The summed E-state index contributed by atoms with van der Waals surface area (Å²) >= 11 is 20.6. The van der Waals surface area contributed by atoms with Crippen LogP contribution in [0.1, 0.15) is 44.9 Å². The van der Waals surface area contributed by atoms with Crippen molar-refractivity contribution >= 4 is 67.9 Å². The van der Waals surface area contributed by atoms with Crippen LogP contribution in [-0.4, -0.2) is 43.3 Å². The molecule has 0 spiro atoms. The molecule has 0 N–H and O–H groups in total. The fourth-order valence-corrected chi connectivity index (χ4v) is 3.33. The average Bonchev–Trinajstić information content (AvgIpc) is 3.23. The molecule has 2 fully saturated rings. The Morgan fingerprint density at radius 2 is 0.870 bits per heavy atom. The smallest absolute Gasteiger partial charge is 0.255 e. The van der Waals surface area contributed by atoms with Crippen LogP contribution in [0.4, 0.5) is 19.2 Å². The third kappa shape index (κ3) is 6.83. The van der Waals surface area contributed by atoms with E-state index < -0.39 is 21.5 Å². The Bertz CT molecular complexity index is 451. The highest BCUT2D eigenvalue weighted by Gasteiger charge is 2.35. The van der Waals surface area contributed by atoms with E-state index in [2.05, 4.69) is 0 Å². The van der Waals surface area contributed by atoms with Crippen LogP contribution in [-0.2, 0) is 0 Å². The molecule has 2 rings (SSSR count). The van der Waals surface area contributed by atoms with Crippen LogP contribution in [0.25, 0.3) is 0 Å². The summed E-state index contributed by atoms with van der Waals surface area (Å²) in [6.07, 6.45) is 6.46. The summed E-state index contributed by atoms with van der Waals surface area (Å²) in [5.74, 6) is 0. The standard InChI is InChI=1S/C8H11Cl2NO2.C5H5Cl2NO2/c9-7(12)11(8(10)13)6-4-2-1-3-5-6;6-4(9)8(5(7)10)3-1-2-3/h6H,1-5H2;3H,1-2H2. The first-order valence-electron chi connectivity index (χ1n) is 7.12. The first kappa shape index (κ1) is 20.5. The van der Waals surface area contributed by atoms with Crippen LogP contribution in [0.15, 0.2) is 0 Å². The maximum Gasteiger partial charge on any atom is 0.324 e. The third-order valence-electron chi connectivity index (χ3n) is 3.61. The molecule has 0 aromatic carbocycles. The predicted octanol–water partition coefficient (Wildman–Crippen LogP) is 5.51. The second-order valence-electron chi connectivity index (χ2n) is 5.27. The molecule has 10 heteroatoms. The summed E-state index contributed by atoms with van der Waals surface area (Å²) < 4.78 is 0. The van der Waals surface area contributed by atoms with E-state index in [4.69, 9.17) is 46.4 Å². The van der Waals surface area contributed by atoms with Gasteiger partial charge in [-0.25, -0.2) is 0 Å². The lowest BCUT2D eigenvalue weighted by Crippen LogP contribution is -2.40. The first-order valence-corrected chi connectivity index (χ1v) is 8.63. The summed E-state index contributed by atoms with van der Waals surface area (Å²) in [5.41, 5.74) is 0. The average molecular weight is 406 g/mol. The van der Waals surface area contributed by atoms with Crippen molar-refractivity contribution in [3.05, 3.63) is 0 Å². The van der Waals surface area contributed by atoms with Crippen molar-refractivity contribution in [2.75, 3.05) is 0 Å². The van der Waals surface area contributed by atoms with Crippen LogP contribution < -0.4 is 0 Å². The minimum absolute atomic E-state index is 0.0463. The molecule has 130 valence electrons. The van der Waals surface area contributed by atoms with Gasteiger partial charge >= 0.3 is 21.5 Å². The van der Waals surface area contributed by atoms with Crippen molar-refractivity contribution in [1.82, 2.24) is 9.80 Å². The Morgan fingerprint density at radius 1 is 0.565 bits per heavy atom. The molecule has 0 unspecified atom stereocenters. The Balaban J connectivity index is 0.000000238. The monoisotopic (exact) mass is 404 g/mol. The number of rotatable bonds is 2. The molecule has 0 heterocycles. The predicted molar refractivity (Wildman–Crippen MR) is 88.6 cm³/mol. The molecular weight excluding hydrogens is 390 g/mol. The zero-order chi connectivity index (χ0) is 17.6. The van der Waals surface area contributed by atoms with E-state index in [-0.39, 0.29) is 12.1 Å². The van der Waals surface area contributed by atoms with E-state index in [1.54, 1.807) is 0 Å². The van der Waals surface area contributed by atoms with E-state index in [0.29, 0.717) is 0 Å². The fourth-order valence-electron chi connectivity index (χ4n) is 2.38. The number of amides is 4. The molecule has 4 amide bonds. The summed E-state index contributed by atoms with van der Waals surface area (Å²) in [6, 6.07) is -0.140. The summed E-state index contributed by atoms with van der Waals surface area (Å²) in [6.45, 7) is 0. The van der Waals surface area contributed by atoms with Crippen LogP contribution in [0.3, 0.4) is 0 Å². The second-order valence-corrected chi connectivity index (χ2v) is 6.57. The largest absolute Gasteiger partial charge is 0.324 e. The lowest BCUT2D eigenvalue weighted by atomic mass is 9.95. The second kappa shape index (κ2) is 9.67. The number of hydrogen-bond donors (Lipinski definition) is 0. The number of carbonyl (C=O) groups excluding carboxylic acids is 4. The van der Waals surface area contributed by atoms with E-state index >= 15 is 0 Å². The van der Waals surface area contributed by atoms with Crippen LogP contribution in [0.5, 0.6) is 0 Å². The maximum absolute atomic E-state index is 10.9. The Labute approximate surface area is 153 Å². The van der Waals surface area contributed by atoms with Crippen LogP contribution >= 0.6 is 46.4 Å². The Hall–Kier alpha value is -0.560. The van der Waals surface area contributed by atoms with Gasteiger partial charge in [-0.2, -0.15) is 0 Å². The Kier molecular flexibility index (Phi) is 8.61. The van der Waals surface area contributed by atoms with Gasteiger partial charge in [0.1, 0.15) is 0 Å². The van der Waals surface area contributed by atoms with Crippen LogP contribution in [0, 0.1) is 0 Å². The van der Waals surface area contributed by atoms with Gasteiger partial charge < -0.3 is 0 Å². The van der Waals surface area contributed by atoms with Gasteiger partial charge in [0.15, 0.2) is 0 Å². The lowest BCUT2D eigenvalue weighted by Gasteiger charge is -2.29. The number of nitrogens with zero attached hydrogens (tertiary/aromatic N) is 2. The lowest BCUT2D eigenvalue weighted by molar-refractivity contribution is 0.184. The molecular formula is C13H16Cl4N2O4. The zero-order valence-corrected chi connectivity index (χ0v) is 15.2. The molecule has 2 aliphatic carbocycles. The van der Waals surface area contributed by atoms with Crippen molar-refractivity contribution in [3.8, 4) is 0 Å². The molecule has 0 aromatic heterocycles. The van der Waals surface area contributed by atoms with Gasteiger partial charge in [0, 0.05) is 12.1 Å². The SMILES string of the molecule is O=C(Cl)N(C(=O)Cl)C1CC1.O=C(Cl)N(C(=O)Cl)C1CCCCC1. The van der Waals surface area contributed by atoms with E-state index in [1.807, 2.05) is 0 Å². The Morgan fingerprint density at radius 3 is 1.09 bits per heavy atom. The molecule has 2 saturated carbocycles. The van der Waals surface area contributed by atoms with Crippen molar-refractivity contribution in [3.63, 3.8) is 0 Å². The number of carbonyl (C=O) groups is 4. The van der Waals surface area contributed by atoms with Gasteiger partial charge in [0.2, 0.25) is 0 Å². The first-order chi connectivity index (χ1) is 10.8. The molecule has 2 aliphatic rings. The highest BCUT2D eigenvalue weighted by atomic mass is 35.5. The number of hydrogen-bond acceptors (Lipinski definition) is 4. The molecule has 0 radical (unpaired) electrons. The highest BCUT2D eigenvalue weighted by Crippen LogP contribution is 2.29. The molecule has 23 heavy (non-hydrogen) atoms. The molecule has 0 atom stereocenters. The van der Waals surface area contributed by atoms with Gasteiger partial charge in [0.05, 0.1) is 0 Å². The molecule has 0 saturated heterocycles. The highest BCUT2D eigenvalue weighted by molar-refractivity contribution is 6.71. The van der Waals surface area contributed by atoms with Gasteiger partial charge in [0.25, 0.3) is 0 Å². The van der Waals surface area contributed by atoms with Crippen molar-refractivity contribution < 1.29 is 19.2 Å². The number of imide groups is 2. The van der Waals surface area contributed by atoms with Crippen molar-refractivity contribution in [2.24, 2.45) is 0 Å². The fraction of sp³-hybridized carbons (Fsp3) is 0.692. The summed E-state index contributed by atoms with van der Waals surface area (Å²) in [5, 5.41) is -3.12.